The van der Waals surface area contributed by atoms with Crippen molar-refractivity contribution in [3.8, 4) is 17.2 Å². The van der Waals surface area contributed by atoms with Gasteiger partial charge >= 0.3 is 0 Å². The highest BCUT2D eigenvalue weighted by atomic mass is 32.2. The van der Waals surface area contributed by atoms with Crippen molar-refractivity contribution in [2.75, 3.05) is 104 Å². The van der Waals surface area contributed by atoms with Crippen molar-refractivity contribution in [3.05, 3.63) is 99.3 Å². The first-order valence-corrected chi connectivity index (χ1v) is 42.6. The zero-order chi connectivity index (χ0) is 72.7. The topological polar surface area (TPSA) is 411 Å². The van der Waals surface area contributed by atoms with Gasteiger partial charge in [0, 0.05) is 95.9 Å². The van der Waals surface area contributed by atoms with E-state index < -0.39 is 104 Å². The van der Waals surface area contributed by atoms with Crippen LogP contribution in [-0.4, -0.2) is 212 Å². The zero-order valence-electron chi connectivity index (χ0n) is 56.4. The highest BCUT2D eigenvalue weighted by Gasteiger charge is 2.48. The Bertz CT molecular complexity index is 3880. The SMILES string of the molecule is BSCCCCOc1cc(C(=O)NCCCNC(=O)c2cc(C(=O)NCCCS(=O)(=O)O)c3c(c2)N(CCCS(=O)(=O)O)/C(=C/C=C/C2=[N+](CCCS(=O)(=O)O)c4cc(C(N)=O)cc(C(=O)NCCCS(=O)(=O)O)c4C2(C)C)C3(C)C)cc(OCCCCSB)c1OCCCCSB. The predicted octanol–water partition coefficient (Wildman–Crippen LogP) is 3.84. The maximum Gasteiger partial charge on any atom is 0.265 e. The first-order chi connectivity index (χ1) is 46.0. The number of unbranched alkanes of at least 4 members (excludes halogenated alkanes) is 3. The van der Waals surface area contributed by atoms with Gasteiger partial charge in [0.25, 0.3) is 64.1 Å². The van der Waals surface area contributed by atoms with Crippen molar-refractivity contribution < 1.29 is 94.6 Å². The second kappa shape index (κ2) is 38.3. The molecule has 0 radical (unpaired) electrons. The van der Waals surface area contributed by atoms with Crippen molar-refractivity contribution in [3.63, 3.8) is 0 Å². The number of ether oxygens (including phenoxy) is 3. The first-order valence-electron chi connectivity index (χ1n) is 32.0. The summed E-state index contributed by atoms with van der Waals surface area (Å²) in [5, 5.41) is 11.1. The Balaban J connectivity index is 1.54. The fourth-order valence-corrected chi connectivity index (χ4v) is 14.9. The van der Waals surface area contributed by atoms with Gasteiger partial charge in [-0.1, -0.05) is 19.9 Å². The van der Waals surface area contributed by atoms with Gasteiger partial charge in [-0.25, -0.2) is 34.8 Å². The highest BCUT2D eigenvalue weighted by Crippen LogP contribution is 2.51. The number of benzene rings is 3. The molecule has 0 aliphatic carbocycles. The Hall–Kier alpha value is -5.76. The highest BCUT2D eigenvalue weighted by molar-refractivity contribution is 8.20. The number of hydrogen-bond acceptors (Lipinski definition) is 20. The zero-order valence-corrected chi connectivity index (χ0v) is 62.2. The van der Waals surface area contributed by atoms with Crippen LogP contribution in [0.1, 0.15) is 161 Å². The molecule has 3 aromatic rings. The molecule has 5 rings (SSSR count). The first kappa shape index (κ1) is 82.9. The maximum absolute atomic E-state index is 14.5. The Morgan fingerprint density at radius 3 is 1.44 bits per heavy atom. The molecule has 27 nitrogen and oxygen atoms in total. The molecule has 3 aromatic carbocycles. The average Bonchev–Trinajstić information content (AvgIpc) is 1.58. The molecule has 2 heterocycles. The molecule has 0 bridgehead atoms. The predicted molar refractivity (Wildman–Crippen MR) is 394 cm³/mol. The van der Waals surface area contributed by atoms with Gasteiger partial charge in [0.2, 0.25) is 17.3 Å². The molecule has 10 N–H and O–H groups in total. The van der Waals surface area contributed by atoms with Crippen LogP contribution in [0.25, 0.3) is 0 Å². The van der Waals surface area contributed by atoms with E-state index in [9.17, 15) is 75.9 Å². The molecule has 98 heavy (non-hydrogen) atoms. The van der Waals surface area contributed by atoms with Crippen LogP contribution in [0.3, 0.4) is 0 Å². The normalized spacial score (nSPS) is 14.7. The Morgan fingerprint density at radius 1 is 0.531 bits per heavy atom. The number of amides is 5. The molecule has 2 aliphatic rings. The number of primary amides is 1. The second-order valence-electron chi connectivity index (χ2n) is 24.4. The molecule has 0 saturated heterocycles. The lowest BCUT2D eigenvalue weighted by Gasteiger charge is -2.27. The molecule has 2 aliphatic heterocycles. The molecule has 0 spiro atoms. The summed E-state index contributed by atoms with van der Waals surface area (Å²) in [5.74, 6) is -2.13. The van der Waals surface area contributed by atoms with Crippen LogP contribution in [0.5, 0.6) is 17.2 Å². The monoisotopic (exact) mass is 1500 g/mol. The van der Waals surface area contributed by atoms with Crippen LogP contribution in [0.4, 0.5) is 11.4 Å². The Morgan fingerprint density at radius 2 is 0.959 bits per heavy atom. The third-order valence-corrected chi connectivity index (χ3v) is 21.3. The quantitative estimate of drug-likeness (QED) is 0.0168. The number of nitrogens with zero attached hydrogens (tertiary/aromatic N) is 2. The molecule has 5 amide bonds. The fraction of sp³-hybridized carbons (Fsp3) is 0.541. The number of nitrogens with one attached hydrogen (secondary N) is 4. The van der Waals surface area contributed by atoms with Gasteiger partial charge in [-0.3, -0.25) is 42.2 Å². The number of carbonyl (C=O) groups is 5. The van der Waals surface area contributed by atoms with E-state index in [1.165, 1.54) is 24.3 Å². The van der Waals surface area contributed by atoms with E-state index >= 15 is 0 Å². The summed E-state index contributed by atoms with van der Waals surface area (Å²) in [5.41, 5.74) is 5.48. The molecule has 0 unspecified atom stereocenters. The van der Waals surface area contributed by atoms with Gasteiger partial charge in [0.15, 0.2) is 38.6 Å². The molecule has 0 atom stereocenters. The van der Waals surface area contributed by atoms with Gasteiger partial charge in [0.05, 0.1) is 59.4 Å². The summed E-state index contributed by atoms with van der Waals surface area (Å²) >= 11 is 5.23. The average molecular weight is 1500 g/mol. The second-order valence-corrected chi connectivity index (χ2v) is 33.7. The van der Waals surface area contributed by atoms with Crippen molar-refractivity contribution in [2.45, 2.75) is 109 Å². The number of allylic oxidation sites excluding steroid dienone is 4. The summed E-state index contributed by atoms with van der Waals surface area (Å²) in [6, 6.07) is 8.83. The summed E-state index contributed by atoms with van der Waals surface area (Å²) in [4.78, 5) is 71.5. The minimum atomic E-state index is -4.54. The summed E-state index contributed by atoms with van der Waals surface area (Å²) in [6.45, 7) is 7.64. The van der Waals surface area contributed by atoms with Gasteiger partial charge in [-0.2, -0.15) is 38.2 Å². The largest absolute Gasteiger partial charge is 0.490 e. The Labute approximate surface area is 590 Å². The van der Waals surface area contributed by atoms with Crippen LogP contribution in [0.15, 0.2) is 60.3 Å². The van der Waals surface area contributed by atoms with Crippen LogP contribution < -0.4 is 46.1 Å². The van der Waals surface area contributed by atoms with E-state index in [1.807, 2.05) is 21.4 Å². The standard InChI is InChI=1S/C61H90B3N7O20S7/c1-60(2)50(70(23-15-33-97(83,84)85)46-37-41(55(65)72)35-44(52(46)60)58(75)68-21-13-31-95(77,78)79)17-11-18-51-61(3,4)53-45(59(76)69-22-14-32-96(80,81)82)36-42(38-47(53)71(51)24-16-34-98(86,87)88)56(73)66-19-12-20-67-57(74)43-39-48(89-25-5-8-28-92-62)54(91-27-7-10-30-94-64)49(40-43)90-26-6-9-29-93-63/h11,17-18,35-40H,5-10,12-16,19-34,62-64H2,1-4H3,(H9-,65,66,67,68,69,72,73,74,75,76,77,78,79,80,81,82,83,84,85,86,87,88)/p+1. The fourth-order valence-electron chi connectivity index (χ4n) is 11.4. The minimum Gasteiger partial charge on any atom is -0.490 e. The molecular formula is C61H91B3N7O20S7+. The van der Waals surface area contributed by atoms with E-state index in [4.69, 9.17) is 19.9 Å². The molecule has 540 valence electrons. The number of anilines is 1. The van der Waals surface area contributed by atoms with Gasteiger partial charge in [0.1, 0.15) is 6.54 Å². The molecule has 0 fully saturated rings. The van der Waals surface area contributed by atoms with Crippen LogP contribution >= 0.6 is 34.8 Å². The molecule has 37 heteroatoms. The molecule has 0 saturated carbocycles. The van der Waals surface area contributed by atoms with E-state index in [1.54, 1.807) is 102 Å². The summed E-state index contributed by atoms with van der Waals surface area (Å²) in [6.07, 6.45) is 9.58. The van der Waals surface area contributed by atoms with E-state index in [0.717, 1.165) is 55.8 Å². The minimum absolute atomic E-state index is 0.0178. The van der Waals surface area contributed by atoms with Crippen molar-refractivity contribution in [1.29, 1.82) is 0 Å². The third-order valence-electron chi connectivity index (χ3n) is 16.0. The number of carbonyl (C=O) groups excluding carboxylic acids is 5. The lowest BCUT2D eigenvalue weighted by Crippen LogP contribution is -2.32. The number of fused-ring (bicyclic) bond motifs is 2. The van der Waals surface area contributed by atoms with Crippen LogP contribution in [0, 0.1) is 0 Å². The van der Waals surface area contributed by atoms with Crippen molar-refractivity contribution in [2.24, 2.45) is 5.73 Å². The van der Waals surface area contributed by atoms with Crippen LogP contribution in [-0.2, 0) is 51.3 Å². The lowest BCUT2D eigenvalue weighted by molar-refractivity contribution is -0.437. The number of rotatable bonds is 45. The van der Waals surface area contributed by atoms with E-state index in [0.29, 0.717) is 59.6 Å². The van der Waals surface area contributed by atoms with Gasteiger partial charge in [-0.15, -0.1) is 0 Å². The van der Waals surface area contributed by atoms with Gasteiger partial charge < -0.3 is 46.1 Å². The van der Waals surface area contributed by atoms with Crippen LogP contribution in [0.2, 0.25) is 0 Å². The molecular weight excluding hydrogens is 1410 g/mol. The Kier molecular flexibility index (Phi) is 32.4. The summed E-state index contributed by atoms with van der Waals surface area (Å²) in [7, 11) is -11.7. The molecule has 0 aromatic heterocycles. The smallest absolute Gasteiger partial charge is 0.265 e. The van der Waals surface area contributed by atoms with Crippen molar-refractivity contribution in [1.82, 2.24) is 21.3 Å². The maximum atomic E-state index is 14.5. The van der Waals surface area contributed by atoms with Crippen molar-refractivity contribution >= 4 is 143 Å². The van der Waals surface area contributed by atoms with E-state index in [-0.39, 0.29) is 111 Å². The number of hydrogen-bond donors (Lipinski definition) is 9. The number of nitrogens with two attached hydrogens (primary N) is 1. The summed E-state index contributed by atoms with van der Waals surface area (Å²) < 4.78 is 154. The third kappa shape index (κ3) is 25.7. The van der Waals surface area contributed by atoms with Gasteiger partial charge in [-0.05, 0) is 132 Å². The van der Waals surface area contributed by atoms with E-state index in [2.05, 4.69) is 21.3 Å². The lowest BCUT2D eigenvalue weighted by atomic mass is 9.78.